The van der Waals surface area contributed by atoms with Crippen LogP contribution in [0, 0.1) is 6.92 Å². The Morgan fingerprint density at radius 3 is 2.85 bits per heavy atom. The summed E-state index contributed by atoms with van der Waals surface area (Å²) in [5.41, 5.74) is 0.648. The number of aromatic amines is 1. The van der Waals surface area contributed by atoms with Crippen molar-refractivity contribution < 1.29 is 0 Å². The van der Waals surface area contributed by atoms with Crippen LogP contribution < -0.4 is 5.69 Å². The molecule has 2 rings (SSSR count). The molecular formula is C9H8N2OS. The average molecular weight is 192 g/mol. The summed E-state index contributed by atoms with van der Waals surface area (Å²) in [6.45, 7) is 2.05. The minimum Gasteiger partial charge on any atom is -0.312 e. The van der Waals surface area contributed by atoms with Crippen LogP contribution in [0.4, 0.5) is 0 Å². The normalized spacial score (nSPS) is 10.2. The Kier molecular flexibility index (Phi) is 1.98. The molecule has 0 aliphatic rings. The molecule has 2 aromatic heterocycles. The molecule has 1 N–H and O–H groups in total. The van der Waals surface area contributed by atoms with E-state index in [2.05, 4.69) is 9.97 Å². The SMILES string of the molecule is Cc1ccc(-c2cnc(=O)[nH]c2)s1. The van der Waals surface area contributed by atoms with Crippen LogP contribution in [0.5, 0.6) is 0 Å². The number of nitrogens with one attached hydrogen (secondary N) is 1. The molecule has 2 aromatic rings. The van der Waals surface area contributed by atoms with Gasteiger partial charge in [0, 0.05) is 27.7 Å². The molecule has 0 saturated carbocycles. The maximum atomic E-state index is 10.7. The maximum absolute atomic E-state index is 10.7. The Morgan fingerprint density at radius 2 is 2.31 bits per heavy atom. The van der Waals surface area contributed by atoms with Crippen LogP contribution in [0.15, 0.2) is 29.3 Å². The molecule has 0 fully saturated rings. The van der Waals surface area contributed by atoms with Gasteiger partial charge >= 0.3 is 5.69 Å². The number of nitrogens with zero attached hydrogens (tertiary/aromatic N) is 1. The minimum atomic E-state index is -0.308. The van der Waals surface area contributed by atoms with E-state index in [0.29, 0.717) is 0 Å². The van der Waals surface area contributed by atoms with E-state index >= 15 is 0 Å². The molecule has 66 valence electrons. The smallest absolute Gasteiger partial charge is 0.312 e. The Hall–Kier alpha value is -1.42. The van der Waals surface area contributed by atoms with E-state index in [1.807, 2.05) is 19.1 Å². The van der Waals surface area contributed by atoms with Gasteiger partial charge in [-0.3, -0.25) is 0 Å². The summed E-state index contributed by atoms with van der Waals surface area (Å²) in [4.78, 5) is 19.3. The van der Waals surface area contributed by atoms with Crippen molar-refractivity contribution in [2.75, 3.05) is 0 Å². The first-order chi connectivity index (χ1) is 6.25. The van der Waals surface area contributed by atoms with Crippen LogP contribution in [-0.4, -0.2) is 9.97 Å². The first-order valence-electron chi connectivity index (χ1n) is 3.87. The summed E-state index contributed by atoms with van der Waals surface area (Å²) >= 11 is 1.68. The summed E-state index contributed by atoms with van der Waals surface area (Å²) in [5, 5.41) is 0. The number of thiophene rings is 1. The summed E-state index contributed by atoms with van der Waals surface area (Å²) in [6, 6.07) is 4.07. The van der Waals surface area contributed by atoms with Gasteiger partial charge in [-0.05, 0) is 19.1 Å². The van der Waals surface area contributed by atoms with E-state index in [1.165, 1.54) is 4.88 Å². The molecule has 0 unspecified atom stereocenters. The standard InChI is InChI=1S/C9H8N2OS/c1-6-2-3-8(13-6)7-4-10-9(12)11-5-7/h2-5H,1H3,(H,10,11,12). The molecule has 13 heavy (non-hydrogen) atoms. The lowest BCUT2D eigenvalue weighted by atomic mass is 10.3. The molecule has 4 heteroatoms. The highest BCUT2D eigenvalue weighted by Crippen LogP contribution is 2.25. The molecule has 2 heterocycles. The van der Waals surface area contributed by atoms with Gasteiger partial charge < -0.3 is 4.98 Å². The predicted octanol–water partition coefficient (Wildman–Crippen LogP) is 1.81. The maximum Gasteiger partial charge on any atom is 0.344 e. The first-order valence-corrected chi connectivity index (χ1v) is 4.69. The molecule has 0 aliphatic heterocycles. The molecule has 0 saturated heterocycles. The van der Waals surface area contributed by atoms with E-state index in [1.54, 1.807) is 23.7 Å². The molecule has 0 aromatic carbocycles. The monoisotopic (exact) mass is 192 g/mol. The van der Waals surface area contributed by atoms with E-state index in [-0.39, 0.29) is 5.69 Å². The summed E-state index contributed by atoms with van der Waals surface area (Å²) in [7, 11) is 0. The highest BCUT2D eigenvalue weighted by Gasteiger charge is 1.99. The van der Waals surface area contributed by atoms with Crippen molar-refractivity contribution in [2.24, 2.45) is 0 Å². The van der Waals surface area contributed by atoms with Crippen molar-refractivity contribution in [2.45, 2.75) is 6.92 Å². The third-order valence-electron chi connectivity index (χ3n) is 1.70. The van der Waals surface area contributed by atoms with Gasteiger partial charge in [-0.2, -0.15) is 0 Å². The number of aryl methyl sites for hydroxylation is 1. The van der Waals surface area contributed by atoms with E-state index < -0.39 is 0 Å². The zero-order valence-electron chi connectivity index (χ0n) is 7.07. The topological polar surface area (TPSA) is 45.8 Å². The number of aromatic nitrogens is 2. The molecule has 0 atom stereocenters. The number of H-pyrrole nitrogens is 1. The van der Waals surface area contributed by atoms with Crippen molar-refractivity contribution in [3.63, 3.8) is 0 Å². The Labute approximate surface area is 79.1 Å². The van der Waals surface area contributed by atoms with Crippen molar-refractivity contribution in [1.29, 1.82) is 0 Å². The van der Waals surface area contributed by atoms with Crippen molar-refractivity contribution in [3.05, 3.63) is 39.9 Å². The lowest BCUT2D eigenvalue weighted by molar-refractivity contribution is 1.08. The van der Waals surface area contributed by atoms with Gasteiger partial charge in [0.2, 0.25) is 0 Å². The summed E-state index contributed by atoms with van der Waals surface area (Å²) in [5.74, 6) is 0. The fourth-order valence-electron chi connectivity index (χ4n) is 1.07. The Morgan fingerprint density at radius 1 is 1.46 bits per heavy atom. The van der Waals surface area contributed by atoms with Gasteiger partial charge in [0.1, 0.15) is 0 Å². The third kappa shape index (κ3) is 1.67. The molecule has 0 radical (unpaired) electrons. The van der Waals surface area contributed by atoms with Gasteiger partial charge in [-0.15, -0.1) is 11.3 Å². The fourth-order valence-corrected chi connectivity index (χ4v) is 1.92. The minimum absolute atomic E-state index is 0.308. The number of hydrogen-bond donors (Lipinski definition) is 1. The Balaban J connectivity index is 2.47. The van der Waals surface area contributed by atoms with Crippen LogP contribution >= 0.6 is 11.3 Å². The molecule has 0 bridgehead atoms. The number of hydrogen-bond acceptors (Lipinski definition) is 3. The molecular weight excluding hydrogens is 184 g/mol. The molecule has 0 spiro atoms. The van der Waals surface area contributed by atoms with Crippen LogP contribution in [0.1, 0.15) is 4.88 Å². The second-order valence-corrected chi connectivity index (χ2v) is 4.01. The second kappa shape index (κ2) is 3.14. The largest absolute Gasteiger partial charge is 0.344 e. The summed E-state index contributed by atoms with van der Waals surface area (Å²) in [6.07, 6.45) is 3.27. The zero-order valence-corrected chi connectivity index (χ0v) is 7.89. The lowest BCUT2D eigenvalue weighted by Crippen LogP contribution is -2.07. The van der Waals surface area contributed by atoms with Crippen LogP contribution in [0.25, 0.3) is 10.4 Å². The highest BCUT2D eigenvalue weighted by molar-refractivity contribution is 7.15. The second-order valence-electron chi connectivity index (χ2n) is 2.72. The van der Waals surface area contributed by atoms with Crippen molar-refractivity contribution in [3.8, 4) is 10.4 Å². The van der Waals surface area contributed by atoms with E-state index in [0.717, 1.165) is 10.4 Å². The van der Waals surface area contributed by atoms with Gasteiger partial charge in [0.25, 0.3) is 0 Å². The summed E-state index contributed by atoms with van der Waals surface area (Å²) < 4.78 is 0. The van der Waals surface area contributed by atoms with Gasteiger partial charge in [0.15, 0.2) is 0 Å². The Bertz CT molecular complexity index is 452. The highest BCUT2D eigenvalue weighted by atomic mass is 32.1. The molecule has 3 nitrogen and oxygen atoms in total. The molecule has 0 amide bonds. The quantitative estimate of drug-likeness (QED) is 0.749. The van der Waals surface area contributed by atoms with Crippen molar-refractivity contribution >= 4 is 11.3 Å². The average Bonchev–Trinajstić information content (AvgIpc) is 2.53. The van der Waals surface area contributed by atoms with Crippen LogP contribution in [0.3, 0.4) is 0 Å². The third-order valence-corrected chi connectivity index (χ3v) is 2.75. The predicted molar refractivity (Wildman–Crippen MR) is 52.9 cm³/mol. The van der Waals surface area contributed by atoms with Gasteiger partial charge in [-0.1, -0.05) is 0 Å². The zero-order chi connectivity index (χ0) is 9.26. The first kappa shape index (κ1) is 8.19. The van der Waals surface area contributed by atoms with Crippen molar-refractivity contribution in [1.82, 2.24) is 9.97 Å². The van der Waals surface area contributed by atoms with E-state index in [4.69, 9.17) is 0 Å². The van der Waals surface area contributed by atoms with Gasteiger partial charge in [0.05, 0.1) is 0 Å². The van der Waals surface area contributed by atoms with Gasteiger partial charge in [-0.25, -0.2) is 9.78 Å². The van der Waals surface area contributed by atoms with E-state index in [9.17, 15) is 4.79 Å². The molecule has 0 aliphatic carbocycles. The van der Waals surface area contributed by atoms with Crippen LogP contribution in [-0.2, 0) is 0 Å². The fraction of sp³-hybridized carbons (Fsp3) is 0.111. The number of rotatable bonds is 1. The van der Waals surface area contributed by atoms with Crippen LogP contribution in [0.2, 0.25) is 0 Å². The lowest BCUT2D eigenvalue weighted by Gasteiger charge is -1.92.